The normalized spacial score (nSPS) is 15.5. The van der Waals surface area contributed by atoms with E-state index in [1.54, 1.807) is 4.90 Å². The molecule has 0 aromatic carbocycles. The van der Waals surface area contributed by atoms with E-state index < -0.39 is 12.6 Å². The maximum Gasteiger partial charge on any atom is 0.389 e. The summed E-state index contributed by atoms with van der Waals surface area (Å²) < 4.78 is 37.0. The number of rotatable bonds is 4. The van der Waals surface area contributed by atoms with Gasteiger partial charge in [0.2, 0.25) is 11.8 Å². The number of nitrogens with zero attached hydrogens (tertiary/aromatic N) is 6. The summed E-state index contributed by atoms with van der Waals surface area (Å²) in [5.41, 5.74) is 0.350. The van der Waals surface area contributed by atoms with Crippen molar-refractivity contribution >= 4 is 11.9 Å². The Morgan fingerprint density at radius 3 is 2.60 bits per heavy atom. The molecule has 0 spiro atoms. The van der Waals surface area contributed by atoms with Gasteiger partial charge in [0.1, 0.15) is 6.33 Å². The first-order chi connectivity index (χ1) is 11.9. The van der Waals surface area contributed by atoms with Gasteiger partial charge in [-0.3, -0.25) is 9.89 Å². The van der Waals surface area contributed by atoms with Crippen molar-refractivity contribution in [3.63, 3.8) is 0 Å². The number of alkyl halides is 3. The molecule has 1 aliphatic rings. The van der Waals surface area contributed by atoms with Gasteiger partial charge >= 0.3 is 6.18 Å². The summed E-state index contributed by atoms with van der Waals surface area (Å²) in [6.07, 6.45) is -2.58. The van der Waals surface area contributed by atoms with Crippen molar-refractivity contribution in [2.24, 2.45) is 0 Å². The second kappa shape index (κ2) is 7.03. The number of amides is 1. The molecule has 0 saturated carbocycles. The van der Waals surface area contributed by atoms with Crippen LogP contribution >= 0.6 is 0 Å². The largest absolute Gasteiger partial charge is 0.389 e. The first kappa shape index (κ1) is 17.1. The second-order valence-electron chi connectivity index (χ2n) is 5.58. The molecule has 8 nitrogen and oxygen atoms in total. The highest BCUT2D eigenvalue weighted by atomic mass is 19.4. The molecule has 134 valence electrons. The van der Waals surface area contributed by atoms with Crippen LogP contribution in [0.1, 0.15) is 22.7 Å². The molecule has 2 aromatic heterocycles. The highest BCUT2D eigenvalue weighted by Gasteiger charge is 2.28. The Morgan fingerprint density at radius 1 is 1.20 bits per heavy atom. The zero-order valence-corrected chi connectivity index (χ0v) is 13.2. The molecule has 0 aliphatic carbocycles. The van der Waals surface area contributed by atoms with Gasteiger partial charge in [0, 0.05) is 44.5 Å². The Kier molecular flexibility index (Phi) is 4.81. The number of piperazine rings is 1. The van der Waals surface area contributed by atoms with Gasteiger partial charge in [0.25, 0.3) is 5.91 Å². The van der Waals surface area contributed by atoms with Crippen LogP contribution in [0, 0.1) is 0 Å². The number of hydrogen-bond donors (Lipinski definition) is 1. The van der Waals surface area contributed by atoms with Crippen LogP contribution < -0.4 is 4.90 Å². The highest BCUT2D eigenvalue weighted by Crippen LogP contribution is 2.22. The van der Waals surface area contributed by atoms with Crippen LogP contribution in [0.3, 0.4) is 0 Å². The summed E-state index contributed by atoms with van der Waals surface area (Å²) in [6.45, 7) is 1.86. The zero-order valence-electron chi connectivity index (χ0n) is 13.2. The maximum absolute atomic E-state index is 12.3. The average Bonchev–Trinajstić information content (AvgIpc) is 3.14. The lowest BCUT2D eigenvalue weighted by molar-refractivity contribution is -0.134. The number of carbonyl (C=O) groups is 1. The van der Waals surface area contributed by atoms with Crippen molar-refractivity contribution < 1.29 is 18.0 Å². The molecular formula is C14H16F3N7O. The monoisotopic (exact) mass is 355 g/mol. The Bertz CT molecular complexity index is 711. The van der Waals surface area contributed by atoms with E-state index >= 15 is 0 Å². The molecule has 0 bridgehead atoms. The SMILES string of the molecule is O=C(c1ncn[nH]1)N1CCN(c2nccc(CCC(F)(F)F)n2)CC1. The zero-order chi connectivity index (χ0) is 17.9. The van der Waals surface area contributed by atoms with Gasteiger partial charge in [0.15, 0.2) is 0 Å². The predicted molar refractivity (Wildman–Crippen MR) is 80.9 cm³/mol. The van der Waals surface area contributed by atoms with Crippen LogP contribution in [0.5, 0.6) is 0 Å². The minimum Gasteiger partial charge on any atom is -0.337 e. The summed E-state index contributed by atoms with van der Waals surface area (Å²) in [7, 11) is 0. The molecule has 0 atom stereocenters. The Balaban J connectivity index is 1.58. The number of aryl methyl sites for hydroxylation is 1. The van der Waals surface area contributed by atoms with Crippen LogP contribution in [0.25, 0.3) is 0 Å². The molecule has 3 heterocycles. The van der Waals surface area contributed by atoms with Gasteiger partial charge in [-0.15, -0.1) is 0 Å². The lowest BCUT2D eigenvalue weighted by atomic mass is 10.2. The Morgan fingerprint density at radius 2 is 1.96 bits per heavy atom. The molecule has 2 aromatic rings. The standard InChI is InChI=1S/C14H16F3N7O/c15-14(16,17)3-1-10-2-4-18-13(21-10)24-7-5-23(6-8-24)12(25)11-19-9-20-22-11/h2,4,9H,1,3,5-8H2,(H,19,20,22). The van der Waals surface area contributed by atoms with E-state index in [1.807, 2.05) is 4.90 Å². The van der Waals surface area contributed by atoms with Crippen molar-refractivity contribution in [2.75, 3.05) is 31.1 Å². The van der Waals surface area contributed by atoms with E-state index in [-0.39, 0.29) is 18.2 Å². The van der Waals surface area contributed by atoms with Crippen LogP contribution in [-0.4, -0.2) is 68.3 Å². The maximum atomic E-state index is 12.3. The van der Waals surface area contributed by atoms with Crippen LogP contribution in [-0.2, 0) is 6.42 Å². The molecule has 1 amide bonds. The van der Waals surface area contributed by atoms with Crippen molar-refractivity contribution in [1.82, 2.24) is 30.0 Å². The topological polar surface area (TPSA) is 90.9 Å². The number of aromatic nitrogens is 5. The van der Waals surface area contributed by atoms with Crippen molar-refractivity contribution in [1.29, 1.82) is 0 Å². The third kappa shape index (κ3) is 4.43. The number of H-pyrrole nitrogens is 1. The van der Waals surface area contributed by atoms with Crippen LogP contribution in [0.4, 0.5) is 19.1 Å². The van der Waals surface area contributed by atoms with Gasteiger partial charge in [-0.2, -0.15) is 18.3 Å². The fourth-order valence-corrected chi connectivity index (χ4v) is 2.51. The van der Waals surface area contributed by atoms with Crippen molar-refractivity contribution in [3.8, 4) is 0 Å². The lowest BCUT2D eigenvalue weighted by Gasteiger charge is -2.34. The van der Waals surface area contributed by atoms with Crippen molar-refractivity contribution in [2.45, 2.75) is 19.0 Å². The molecule has 25 heavy (non-hydrogen) atoms. The molecule has 1 N–H and O–H groups in total. The first-order valence-corrected chi connectivity index (χ1v) is 7.70. The molecule has 1 fully saturated rings. The fraction of sp³-hybridized carbons (Fsp3) is 0.500. The minimum atomic E-state index is -4.21. The number of halogens is 3. The summed E-state index contributed by atoms with van der Waals surface area (Å²) in [6, 6.07) is 1.49. The number of aromatic amines is 1. The van der Waals surface area contributed by atoms with Crippen LogP contribution in [0.2, 0.25) is 0 Å². The summed E-state index contributed by atoms with van der Waals surface area (Å²) in [5.74, 6) is 0.322. The number of nitrogens with one attached hydrogen (secondary N) is 1. The third-order valence-corrected chi connectivity index (χ3v) is 3.83. The molecular weight excluding hydrogens is 339 g/mol. The Hall–Kier alpha value is -2.72. The minimum absolute atomic E-state index is 0.178. The van der Waals surface area contributed by atoms with E-state index in [2.05, 4.69) is 25.1 Å². The van der Waals surface area contributed by atoms with E-state index in [1.165, 1.54) is 18.6 Å². The molecule has 0 unspecified atom stereocenters. The predicted octanol–water partition coefficient (Wildman–Crippen LogP) is 1.05. The van der Waals surface area contributed by atoms with Gasteiger partial charge < -0.3 is 9.80 Å². The van der Waals surface area contributed by atoms with E-state index in [9.17, 15) is 18.0 Å². The first-order valence-electron chi connectivity index (χ1n) is 7.70. The second-order valence-corrected chi connectivity index (χ2v) is 5.58. The number of carbonyl (C=O) groups excluding carboxylic acids is 1. The molecule has 0 radical (unpaired) electrons. The number of anilines is 1. The van der Waals surface area contributed by atoms with E-state index in [0.29, 0.717) is 37.8 Å². The van der Waals surface area contributed by atoms with E-state index in [0.717, 1.165) is 0 Å². The summed E-state index contributed by atoms with van der Waals surface area (Å²) in [4.78, 5) is 27.8. The van der Waals surface area contributed by atoms with Gasteiger partial charge in [-0.05, 0) is 12.5 Å². The average molecular weight is 355 g/mol. The molecule has 1 aliphatic heterocycles. The lowest BCUT2D eigenvalue weighted by Crippen LogP contribution is -2.49. The van der Waals surface area contributed by atoms with E-state index in [4.69, 9.17) is 0 Å². The molecule has 3 rings (SSSR count). The quantitative estimate of drug-likeness (QED) is 0.882. The van der Waals surface area contributed by atoms with Gasteiger partial charge in [0.05, 0.1) is 0 Å². The third-order valence-electron chi connectivity index (χ3n) is 3.83. The highest BCUT2D eigenvalue weighted by molar-refractivity contribution is 5.90. The molecule has 1 saturated heterocycles. The summed E-state index contributed by atoms with van der Waals surface area (Å²) >= 11 is 0. The van der Waals surface area contributed by atoms with Crippen molar-refractivity contribution in [3.05, 3.63) is 30.1 Å². The smallest absolute Gasteiger partial charge is 0.337 e. The van der Waals surface area contributed by atoms with Gasteiger partial charge in [-0.1, -0.05) is 0 Å². The van der Waals surface area contributed by atoms with Crippen LogP contribution in [0.15, 0.2) is 18.6 Å². The van der Waals surface area contributed by atoms with Gasteiger partial charge in [-0.25, -0.2) is 15.0 Å². The Labute approximate surface area is 141 Å². The molecule has 11 heteroatoms. The summed E-state index contributed by atoms with van der Waals surface area (Å²) in [5, 5.41) is 6.18. The fourth-order valence-electron chi connectivity index (χ4n) is 2.51. The number of hydrogen-bond acceptors (Lipinski definition) is 6.